The van der Waals surface area contributed by atoms with E-state index in [0.29, 0.717) is 32.8 Å². The molecule has 0 spiro atoms. The van der Waals surface area contributed by atoms with E-state index < -0.39 is 0 Å². The number of urea groups is 1. The Kier molecular flexibility index (Phi) is 5.46. The number of likely N-dealkylation sites (tertiary alicyclic amines) is 1. The molecule has 3 amide bonds. The first-order valence-electron chi connectivity index (χ1n) is 9.82. The molecule has 2 aliphatic heterocycles. The molecule has 1 fully saturated rings. The number of fused-ring (bicyclic) bond motifs is 1. The number of rotatable bonds is 3. The zero-order chi connectivity index (χ0) is 19.3. The molecule has 6 nitrogen and oxygen atoms in total. The van der Waals surface area contributed by atoms with Crippen molar-refractivity contribution in [1.82, 2.24) is 10.2 Å². The Morgan fingerprint density at radius 2 is 1.82 bits per heavy atom. The Balaban J connectivity index is 1.38. The first-order chi connectivity index (χ1) is 13.7. The summed E-state index contributed by atoms with van der Waals surface area (Å²) in [5, 5.41) is 3.01. The predicted octanol–water partition coefficient (Wildman–Crippen LogP) is 3.03. The van der Waals surface area contributed by atoms with E-state index in [-0.39, 0.29) is 17.9 Å². The summed E-state index contributed by atoms with van der Waals surface area (Å²) >= 11 is 0. The molecule has 2 aromatic carbocycles. The van der Waals surface area contributed by atoms with Gasteiger partial charge in [0.05, 0.1) is 18.2 Å². The van der Waals surface area contributed by atoms with Gasteiger partial charge in [-0.25, -0.2) is 4.79 Å². The van der Waals surface area contributed by atoms with Gasteiger partial charge in [0, 0.05) is 19.6 Å². The fraction of sp³-hybridized carbons (Fsp3) is 0.364. The van der Waals surface area contributed by atoms with Crippen molar-refractivity contribution in [3.8, 4) is 5.75 Å². The molecule has 1 saturated heterocycles. The van der Waals surface area contributed by atoms with E-state index in [1.54, 1.807) is 9.80 Å². The molecule has 1 atom stereocenters. The average molecular weight is 379 g/mol. The first-order valence-corrected chi connectivity index (χ1v) is 9.82. The van der Waals surface area contributed by atoms with E-state index >= 15 is 0 Å². The van der Waals surface area contributed by atoms with Crippen LogP contribution in [0.2, 0.25) is 0 Å². The number of para-hydroxylation sites is 2. The van der Waals surface area contributed by atoms with Crippen molar-refractivity contribution < 1.29 is 14.3 Å². The molecule has 2 heterocycles. The zero-order valence-corrected chi connectivity index (χ0v) is 15.8. The molecular formula is C22H25N3O3. The van der Waals surface area contributed by atoms with Gasteiger partial charge in [0.25, 0.3) is 0 Å². The highest BCUT2D eigenvalue weighted by molar-refractivity contribution is 5.94. The maximum absolute atomic E-state index is 13.1. The SMILES string of the molecule is O=C(NCc1ccccc1)[C@@H]1CCCN(C(=O)N2CCOc3ccccc32)C1. The van der Waals surface area contributed by atoms with Crippen molar-refractivity contribution >= 4 is 17.6 Å². The number of hydrogen-bond donors (Lipinski definition) is 1. The second-order valence-corrected chi connectivity index (χ2v) is 7.24. The number of nitrogens with one attached hydrogen (secondary N) is 1. The summed E-state index contributed by atoms with van der Waals surface area (Å²) in [6.45, 7) is 2.66. The molecule has 146 valence electrons. The van der Waals surface area contributed by atoms with E-state index in [2.05, 4.69) is 5.32 Å². The summed E-state index contributed by atoms with van der Waals surface area (Å²) in [4.78, 5) is 29.3. The molecule has 28 heavy (non-hydrogen) atoms. The minimum Gasteiger partial charge on any atom is -0.490 e. The summed E-state index contributed by atoms with van der Waals surface area (Å²) in [6.07, 6.45) is 1.64. The predicted molar refractivity (Wildman–Crippen MR) is 107 cm³/mol. The number of anilines is 1. The summed E-state index contributed by atoms with van der Waals surface area (Å²) in [5.41, 5.74) is 1.87. The van der Waals surface area contributed by atoms with Crippen molar-refractivity contribution in [2.75, 3.05) is 31.1 Å². The lowest BCUT2D eigenvalue weighted by molar-refractivity contribution is -0.126. The summed E-state index contributed by atoms with van der Waals surface area (Å²) in [7, 11) is 0. The molecule has 0 unspecified atom stereocenters. The van der Waals surface area contributed by atoms with Gasteiger partial charge >= 0.3 is 6.03 Å². The molecule has 4 rings (SSSR count). The smallest absolute Gasteiger partial charge is 0.324 e. The molecule has 0 aliphatic carbocycles. The van der Waals surface area contributed by atoms with Gasteiger partial charge in [-0.05, 0) is 30.5 Å². The quantitative estimate of drug-likeness (QED) is 0.892. The van der Waals surface area contributed by atoms with Crippen LogP contribution in [0.3, 0.4) is 0 Å². The lowest BCUT2D eigenvalue weighted by atomic mass is 9.97. The Labute approximate surface area is 165 Å². The third-order valence-corrected chi connectivity index (χ3v) is 5.33. The Hall–Kier alpha value is -3.02. The molecule has 0 aromatic heterocycles. The van der Waals surface area contributed by atoms with Crippen LogP contribution in [0, 0.1) is 5.92 Å². The van der Waals surface area contributed by atoms with E-state index in [0.717, 1.165) is 29.8 Å². The minimum absolute atomic E-state index is 0.0173. The van der Waals surface area contributed by atoms with Crippen molar-refractivity contribution in [3.05, 3.63) is 60.2 Å². The Bertz CT molecular complexity index is 840. The highest BCUT2D eigenvalue weighted by atomic mass is 16.5. The Morgan fingerprint density at radius 1 is 1.04 bits per heavy atom. The number of carbonyl (C=O) groups is 2. The van der Waals surface area contributed by atoms with Gasteiger partial charge in [0.15, 0.2) is 0 Å². The molecular weight excluding hydrogens is 354 g/mol. The van der Waals surface area contributed by atoms with Gasteiger partial charge in [-0.2, -0.15) is 0 Å². The van der Waals surface area contributed by atoms with Gasteiger partial charge in [-0.3, -0.25) is 9.69 Å². The molecule has 6 heteroatoms. The number of nitrogens with zero attached hydrogens (tertiary/aromatic N) is 2. The van der Waals surface area contributed by atoms with Gasteiger partial charge in [-0.1, -0.05) is 42.5 Å². The second kappa shape index (κ2) is 8.33. The third kappa shape index (κ3) is 3.96. The number of ether oxygens (including phenoxy) is 1. The summed E-state index contributed by atoms with van der Waals surface area (Å²) in [5.74, 6) is 0.581. The van der Waals surface area contributed by atoms with Gasteiger partial charge in [-0.15, -0.1) is 0 Å². The number of amides is 3. The van der Waals surface area contributed by atoms with E-state index in [4.69, 9.17) is 4.74 Å². The lowest BCUT2D eigenvalue weighted by Crippen LogP contribution is -2.52. The van der Waals surface area contributed by atoms with Crippen molar-refractivity contribution in [2.24, 2.45) is 5.92 Å². The topological polar surface area (TPSA) is 61.9 Å². The fourth-order valence-electron chi connectivity index (χ4n) is 3.83. The standard InChI is InChI=1S/C22H25N3O3/c26-21(23-15-17-7-2-1-3-8-17)18-9-6-12-24(16-18)22(27)25-13-14-28-20-11-5-4-10-19(20)25/h1-5,7-8,10-11,18H,6,9,12-16H2,(H,23,26)/t18-/m1/s1. The largest absolute Gasteiger partial charge is 0.490 e. The maximum atomic E-state index is 13.1. The first kappa shape index (κ1) is 18.3. The van der Waals surface area contributed by atoms with Crippen molar-refractivity contribution in [2.45, 2.75) is 19.4 Å². The molecule has 0 radical (unpaired) electrons. The summed E-state index contributed by atoms with van der Waals surface area (Å²) < 4.78 is 5.65. The van der Waals surface area contributed by atoms with Crippen LogP contribution >= 0.6 is 0 Å². The van der Waals surface area contributed by atoms with Crippen LogP contribution in [-0.2, 0) is 11.3 Å². The number of hydrogen-bond acceptors (Lipinski definition) is 3. The highest BCUT2D eigenvalue weighted by Crippen LogP contribution is 2.32. The van der Waals surface area contributed by atoms with Crippen LogP contribution in [0.25, 0.3) is 0 Å². The van der Waals surface area contributed by atoms with Gasteiger partial charge in [0.2, 0.25) is 5.91 Å². The molecule has 1 N–H and O–H groups in total. The maximum Gasteiger partial charge on any atom is 0.324 e. The van der Waals surface area contributed by atoms with Crippen LogP contribution in [-0.4, -0.2) is 43.1 Å². The van der Waals surface area contributed by atoms with E-state index in [9.17, 15) is 9.59 Å². The number of piperidine rings is 1. The summed E-state index contributed by atoms with van der Waals surface area (Å²) in [6, 6.07) is 17.4. The number of carbonyl (C=O) groups excluding carboxylic acids is 2. The molecule has 0 saturated carbocycles. The lowest BCUT2D eigenvalue weighted by Gasteiger charge is -2.37. The van der Waals surface area contributed by atoms with E-state index in [1.807, 2.05) is 54.6 Å². The molecule has 2 aliphatic rings. The average Bonchev–Trinajstić information content (AvgIpc) is 2.77. The highest BCUT2D eigenvalue weighted by Gasteiger charge is 2.33. The third-order valence-electron chi connectivity index (χ3n) is 5.33. The number of benzene rings is 2. The van der Waals surface area contributed by atoms with Gasteiger partial charge < -0.3 is 15.0 Å². The zero-order valence-electron chi connectivity index (χ0n) is 15.8. The second-order valence-electron chi connectivity index (χ2n) is 7.24. The molecule has 2 aromatic rings. The Morgan fingerprint density at radius 3 is 2.68 bits per heavy atom. The monoisotopic (exact) mass is 379 g/mol. The fourth-order valence-corrected chi connectivity index (χ4v) is 3.83. The van der Waals surface area contributed by atoms with E-state index in [1.165, 1.54) is 0 Å². The van der Waals surface area contributed by atoms with Crippen LogP contribution in [0.5, 0.6) is 5.75 Å². The van der Waals surface area contributed by atoms with Crippen molar-refractivity contribution in [1.29, 1.82) is 0 Å². The van der Waals surface area contributed by atoms with Gasteiger partial charge in [0.1, 0.15) is 12.4 Å². The van der Waals surface area contributed by atoms with Crippen LogP contribution in [0.15, 0.2) is 54.6 Å². The van der Waals surface area contributed by atoms with Crippen LogP contribution in [0.4, 0.5) is 10.5 Å². The van der Waals surface area contributed by atoms with Crippen LogP contribution < -0.4 is 15.0 Å². The molecule has 0 bridgehead atoms. The normalized spacial score (nSPS) is 18.8. The van der Waals surface area contributed by atoms with Crippen molar-refractivity contribution in [3.63, 3.8) is 0 Å². The minimum atomic E-state index is -0.169. The van der Waals surface area contributed by atoms with Crippen LogP contribution in [0.1, 0.15) is 18.4 Å².